The Balaban J connectivity index is 1.72. The molecule has 0 amide bonds. The van der Waals surface area contributed by atoms with Gasteiger partial charge >= 0.3 is 0 Å². The third-order valence-electron chi connectivity index (χ3n) is 3.54. The summed E-state index contributed by atoms with van der Waals surface area (Å²) in [6, 6.07) is 12.2. The molecular weight excluding hydrogens is 302 g/mol. The Morgan fingerprint density at radius 1 is 1.05 bits per heavy atom. The van der Waals surface area contributed by atoms with Gasteiger partial charge in [0.2, 0.25) is 0 Å². The van der Waals surface area contributed by atoms with Crippen molar-refractivity contribution >= 4 is 21.6 Å². The average Bonchev–Trinajstić information content (AvgIpc) is 2.85. The molecule has 3 heteroatoms. The van der Waals surface area contributed by atoms with Crippen LogP contribution in [0.2, 0.25) is 0 Å². The number of nitrogen functional groups attached to an aromatic ring is 1. The first-order chi connectivity index (χ1) is 9.22. The zero-order chi connectivity index (χ0) is 13.2. The first kappa shape index (κ1) is 12.5. The van der Waals surface area contributed by atoms with E-state index in [9.17, 15) is 0 Å². The van der Waals surface area contributed by atoms with Crippen LogP contribution in [0.25, 0.3) is 0 Å². The van der Waals surface area contributed by atoms with E-state index in [0.29, 0.717) is 6.61 Å². The minimum absolute atomic E-state index is 0.555. The van der Waals surface area contributed by atoms with Crippen molar-refractivity contribution in [2.24, 2.45) is 0 Å². The van der Waals surface area contributed by atoms with Gasteiger partial charge in [-0.15, -0.1) is 0 Å². The highest BCUT2D eigenvalue weighted by molar-refractivity contribution is 9.10. The molecule has 0 aromatic heterocycles. The number of ether oxygens (including phenoxy) is 1. The van der Waals surface area contributed by atoms with E-state index in [1.807, 2.05) is 18.2 Å². The maximum absolute atomic E-state index is 5.87. The summed E-state index contributed by atoms with van der Waals surface area (Å²) >= 11 is 3.51. The highest BCUT2D eigenvalue weighted by Crippen LogP contribution is 2.27. The number of fused-ring (bicyclic) bond motifs is 1. The van der Waals surface area contributed by atoms with E-state index in [1.54, 1.807) is 0 Å². The fourth-order valence-electron chi connectivity index (χ4n) is 2.48. The first-order valence-corrected chi connectivity index (χ1v) is 7.30. The van der Waals surface area contributed by atoms with Crippen LogP contribution in [-0.2, 0) is 19.4 Å². The second-order valence-electron chi connectivity index (χ2n) is 4.92. The zero-order valence-electron chi connectivity index (χ0n) is 10.7. The Kier molecular flexibility index (Phi) is 3.47. The maximum atomic E-state index is 5.87. The highest BCUT2D eigenvalue weighted by atomic mass is 79.9. The van der Waals surface area contributed by atoms with Crippen LogP contribution in [0, 0.1) is 0 Å². The quantitative estimate of drug-likeness (QED) is 0.865. The lowest BCUT2D eigenvalue weighted by molar-refractivity contribution is 0.305. The Bertz CT molecular complexity index is 610. The SMILES string of the molecule is Nc1ccc(COc2ccc3c(c2)CCC3)c(Br)c1. The van der Waals surface area contributed by atoms with Crippen LogP contribution >= 0.6 is 15.9 Å². The lowest BCUT2D eigenvalue weighted by Crippen LogP contribution is -1.98. The van der Waals surface area contributed by atoms with E-state index in [2.05, 4.69) is 34.1 Å². The fourth-order valence-corrected chi connectivity index (χ4v) is 2.99. The van der Waals surface area contributed by atoms with Gasteiger partial charge in [0, 0.05) is 15.7 Å². The van der Waals surface area contributed by atoms with Gasteiger partial charge < -0.3 is 10.5 Å². The Morgan fingerprint density at radius 3 is 2.74 bits per heavy atom. The number of anilines is 1. The molecule has 2 N–H and O–H groups in total. The summed E-state index contributed by atoms with van der Waals surface area (Å²) in [4.78, 5) is 0. The van der Waals surface area contributed by atoms with Gasteiger partial charge in [-0.05, 0) is 54.7 Å². The molecule has 2 aromatic rings. The molecule has 0 bridgehead atoms. The van der Waals surface area contributed by atoms with Gasteiger partial charge in [-0.2, -0.15) is 0 Å². The molecule has 1 aliphatic rings. The van der Waals surface area contributed by atoms with Crippen LogP contribution in [0.15, 0.2) is 40.9 Å². The van der Waals surface area contributed by atoms with Crippen LogP contribution in [0.3, 0.4) is 0 Å². The smallest absolute Gasteiger partial charge is 0.120 e. The summed E-state index contributed by atoms with van der Waals surface area (Å²) in [6.07, 6.45) is 3.65. The molecule has 0 spiro atoms. The summed E-state index contributed by atoms with van der Waals surface area (Å²) in [5, 5.41) is 0. The number of benzene rings is 2. The van der Waals surface area contributed by atoms with Crippen molar-refractivity contribution in [2.75, 3.05) is 5.73 Å². The number of halogens is 1. The van der Waals surface area contributed by atoms with Crippen molar-refractivity contribution in [1.82, 2.24) is 0 Å². The highest BCUT2D eigenvalue weighted by Gasteiger charge is 2.11. The molecule has 98 valence electrons. The van der Waals surface area contributed by atoms with Gasteiger partial charge in [0.25, 0.3) is 0 Å². The molecule has 2 aromatic carbocycles. The standard InChI is InChI=1S/C16H16BrNO/c17-16-9-14(18)6-4-13(16)10-19-15-7-5-11-2-1-3-12(11)8-15/h4-9H,1-3,10,18H2. The van der Waals surface area contributed by atoms with Crippen LogP contribution in [0.5, 0.6) is 5.75 Å². The molecule has 0 saturated heterocycles. The van der Waals surface area contributed by atoms with Crippen molar-refractivity contribution in [3.63, 3.8) is 0 Å². The van der Waals surface area contributed by atoms with E-state index >= 15 is 0 Å². The molecule has 0 aliphatic heterocycles. The lowest BCUT2D eigenvalue weighted by atomic mass is 10.1. The largest absolute Gasteiger partial charge is 0.489 e. The van der Waals surface area contributed by atoms with Crippen LogP contribution in [0.1, 0.15) is 23.1 Å². The van der Waals surface area contributed by atoms with Gasteiger partial charge in [0.15, 0.2) is 0 Å². The molecule has 19 heavy (non-hydrogen) atoms. The number of hydrogen-bond donors (Lipinski definition) is 1. The van der Waals surface area contributed by atoms with E-state index in [0.717, 1.165) is 21.5 Å². The number of hydrogen-bond acceptors (Lipinski definition) is 2. The Labute approximate surface area is 121 Å². The van der Waals surface area contributed by atoms with Crippen molar-refractivity contribution in [2.45, 2.75) is 25.9 Å². The maximum Gasteiger partial charge on any atom is 0.120 e. The van der Waals surface area contributed by atoms with Gasteiger partial charge in [0.1, 0.15) is 12.4 Å². The van der Waals surface area contributed by atoms with Gasteiger partial charge in [-0.25, -0.2) is 0 Å². The van der Waals surface area contributed by atoms with E-state index in [4.69, 9.17) is 10.5 Å². The average molecular weight is 318 g/mol. The lowest BCUT2D eigenvalue weighted by Gasteiger charge is -2.10. The van der Waals surface area contributed by atoms with Crippen LogP contribution < -0.4 is 10.5 Å². The number of nitrogens with two attached hydrogens (primary N) is 1. The van der Waals surface area contributed by atoms with Gasteiger partial charge in [0.05, 0.1) is 0 Å². The monoisotopic (exact) mass is 317 g/mol. The molecule has 3 rings (SSSR count). The number of rotatable bonds is 3. The summed E-state index contributed by atoms with van der Waals surface area (Å²) in [5.41, 5.74) is 10.5. The van der Waals surface area contributed by atoms with Crippen molar-refractivity contribution in [1.29, 1.82) is 0 Å². The second-order valence-corrected chi connectivity index (χ2v) is 5.78. The summed E-state index contributed by atoms with van der Waals surface area (Å²) < 4.78 is 6.86. The van der Waals surface area contributed by atoms with E-state index < -0.39 is 0 Å². The Morgan fingerprint density at radius 2 is 1.89 bits per heavy atom. The molecule has 0 unspecified atom stereocenters. The van der Waals surface area contributed by atoms with Crippen LogP contribution in [-0.4, -0.2) is 0 Å². The third-order valence-corrected chi connectivity index (χ3v) is 4.28. The van der Waals surface area contributed by atoms with Crippen molar-refractivity contribution in [3.05, 3.63) is 57.6 Å². The predicted molar refractivity (Wildman–Crippen MR) is 81.4 cm³/mol. The second kappa shape index (κ2) is 5.25. The molecule has 0 heterocycles. The molecule has 0 atom stereocenters. The topological polar surface area (TPSA) is 35.2 Å². The minimum atomic E-state index is 0.555. The molecule has 1 aliphatic carbocycles. The third kappa shape index (κ3) is 2.76. The normalized spacial score (nSPS) is 13.3. The number of aryl methyl sites for hydroxylation is 2. The van der Waals surface area contributed by atoms with Gasteiger partial charge in [-0.1, -0.05) is 28.1 Å². The molecule has 0 saturated carbocycles. The summed E-state index contributed by atoms with van der Waals surface area (Å²) in [6.45, 7) is 0.555. The summed E-state index contributed by atoms with van der Waals surface area (Å²) in [5.74, 6) is 0.948. The molecule has 0 radical (unpaired) electrons. The molecular formula is C16H16BrNO. The fraction of sp³-hybridized carbons (Fsp3) is 0.250. The molecule has 2 nitrogen and oxygen atoms in total. The minimum Gasteiger partial charge on any atom is -0.489 e. The Hall–Kier alpha value is -1.48. The van der Waals surface area contributed by atoms with Crippen molar-refractivity contribution in [3.8, 4) is 5.75 Å². The van der Waals surface area contributed by atoms with E-state index in [1.165, 1.54) is 30.4 Å². The van der Waals surface area contributed by atoms with Gasteiger partial charge in [-0.3, -0.25) is 0 Å². The predicted octanol–water partition coefficient (Wildman–Crippen LogP) is 4.10. The molecule has 0 fully saturated rings. The van der Waals surface area contributed by atoms with E-state index in [-0.39, 0.29) is 0 Å². The van der Waals surface area contributed by atoms with Crippen LogP contribution in [0.4, 0.5) is 5.69 Å². The first-order valence-electron chi connectivity index (χ1n) is 6.51. The summed E-state index contributed by atoms with van der Waals surface area (Å²) in [7, 11) is 0. The van der Waals surface area contributed by atoms with Crippen molar-refractivity contribution < 1.29 is 4.74 Å². The zero-order valence-corrected chi connectivity index (χ0v) is 12.2.